The maximum Gasteiger partial charge on any atom is 0.156 e. The first kappa shape index (κ1) is 15.8. The van der Waals surface area contributed by atoms with E-state index in [4.69, 9.17) is 28.4 Å². The van der Waals surface area contributed by atoms with Crippen molar-refractivity contribution in [3.63, 3.8) is 0 Å². The van der Waals surface area contributed by atoms with Gasteiger partial charge in [-0.3, -0.25) is 0 Å². The van der Waals surface area contributed by atoms with Crippen molar-refractivity contribution in [2.24, 2.45) is 0 Å². The van der Waals surface area contributed by atoms with E-state index in [2.05, 4.69) is 31.9 Å². The molecule has 3 aromatic rings. The van der Waals surface area contributed by atoms with E-state index in [0.717, 1.165) is 46.3 Å². The zero-order chi connectivity index (χ0) is 16.0. The van der Waals surface area contributed by atoms with Crippen LogP contribution in [0.15, 0.2) is 28.2 Å². The predicted molar refractivity (Wildman–Crippen MR) is 102 cm³/mol. The van der Waals surface area contributed by atoms with Gasteiger partial charge in [0, 0.05) is 35.4 Å². The molecule has 1 aliphatic heterocycles. The Kier molecular flexibility index (Phi) is 4.36. The molecule has 1 aromatic carbocycles. The minimum absolute atomic E-state index is 0.114. The first-order valence-corrected chi connectivity index (χ1v) is 9.77. The summed E-state index contributed by atoms with van der Waals surface area (Å²) in [5.74, 6) is 1.43. The summed E-state index contributed by atoms with van der Waals surface area (Å²) in [6, 6.07) is 6.27. The Hall–Kier alpha value is -0.660. The highest BCUT2D eigenvalue weighted by atomic mass is 79.9. The van der Waals surface area contributed by atoms with Crippen LogP contribution >= 0.6 is 50.6 Å². The summed E-state index contributed by atoms with van der Waals surface area (Å²) in [5, 5.41) is 1.13. The monoisotopic (exact) mass is 430 g/mol. The number of thiazole rings is 1. The van der Waals surface area contributed by atoms with Crippen molar-refractivity contribution in [3.8, 4) is 0 Å². The molecule has 0 aliphatic carbocycles. The molecule has 0 radical (unpaired) electrons. The average molecular weight is 432 g/mol. The van der Waals surface area contributed by atoms with Crippen molar-refractivity contribution in [1.82, 2.24) is 14.4 Å². The van der Waals surface area contributed by atoms with E-state index in [1.165, 1.54) is 4.70 Å². The zero-order valence-corrected chi connectivity index (χ0v) is 16.0. The number of alkyl halides is 1. The van der Waals surface area contributed by atoms with Crippen molar-refractivity contribution in [2.75, 3.05) is 30.4 Å². The molecule has 0 spiro atoms. The lowest BCUT2D eigenvalue weighted by Gasteiger charge is -2.37. The van der Waals surface area contributed by atoms with Gasteiger partial charge < -0.3 is 4.90 Å². The quantitative estimate of drug-likeness (QED) is 0.442. The van der Waals surface area contributed by atoms with Crippen LogP contribution in [0.3, 0.4) is 0 Å². The third-order valence-electron chi connectivity index (χ3n) is 4.10. The Balaban J connectivity index is 1.86. The SMILES string of the molecule is ClCC1CN(c2nc3ccc(Br)cc3c3scnc23)CCN1Cl. The molecule has 1 atom stereocenters. The van der Waals surface area contributed by atoms with E-state index in [-0.39, 0.29) is 6.04 Å². The molecular weight excluding hydrogens is 419 g/mol. The summed E-state index contributed by atoms with van der Waals surface area (Å²) in [4.78, 5) is 11.7. The summed E-state index contributed by atoms with van der Waals surface area (Å²) in [6.45, 7) is 2.33. The molecule has 0 saturated carbocycles. The van der Waals surface area contributed by atoms with E-state index >= 15 is 0 Å². The second-order valence-electron chi connectivity index (χ2n) is 5.50. The number of hydrogen-bond acceptors (Lipinski definition) is 5. The highest BCUT2D eigenvalue weighted by Gasteiger charge is 2.28. The highest BCUT2D eigenvalue weighted by Crippen LogP contribution is 2.35. The second kappa shape index (κ2) is 6.33. The number of pyridine rings is 1. The predicted octanol–water partition coefficient (Wildman–Crippen LogP) is 4.49. The van der Waals surface area contributed by atoms with E-state index < -0.39 is 0 Å². The Morgan fingerprint density at radius 2 is 2.22 bits per heavy atom. The lowest BCUT2D eigenvalue weighted by Crippen LogP contribution is -2.50. The number of anilines is 1. The number of halogens is 3. The molecule has 1 fully saturated rings. The zero-order valence-electron chi connectivity index (χ0n) is 12.0. The van der Waals surface area contributed by atoms with Crippen molar-refractivity contribution in [3.05, 3.63) is 28.2 Å². The van der Waals surface area contributed by atoms with Gasteiger partial charge >= 0.3 is 0 Å². The molecule has 0 bridgehead atoms. The first-order chi connectivity index (χ1) is 11.2. The van der Waals surface area contributed by atoms with Gasteiger partial charge in [0.2, 0.25) is 0 Å². The van der Waals surface area contributed by atoms with Crippen molar-refractivity contribution in [1.29, 1.82) is 0 Å². The summed E-state index contributed by atoms with van der Waals surface area (Å²) >= 11 is 17.5. The Morgan fingerprint density at radius 1 is 1.35 bits per heavy atom. The van der Waals surface area contributed by atoms with Crippen LogP contribution in [0, 0.1) is 0 Å². The highest BCUT2D eigenvalue weighted by molar-refractivity contribution is 9.10. The van der Waals surface area contributed by atoms with Crippen LogP contribution in [0.2, 0.25) is 0 Å². The van der Waals surface area contributed by atoms with Gasteiger partial charge in [-0.1, -0.05) is 15.9 Å². The van der Waals surface area contributed by atoms with Gasteiger partial charge in [0.25, 0.3) is 0 Å². The van der Waals surface area contributed by atoms with E-state index in [9.17, 15) is 0 Å². The van der Waals surface area contributed by atoms with Crippen molar-refractivity contribution in [2.45, 2.75) is 6.04 Å². The molecule has 4 nitrogen and oxygen atoms in total. The maximum absolute atomic E-state index is 6.23. The molecule has 1 aliphatic rings. The van der Waals surface area contributed by atoms with Crippen LogP contribution in [0.1, 0.15) is 0 Å². The van der Waals surface area contributed by atoms with Crippen LogP contribution in [-0.4, -0.2) is 45.9 Å². The van der Waals surface area contributed by atoms with Gasteiger partial charge in [-0.05, 0) is 30.0 Å². The molecule has 0 amide bonds. The smallest absolute Gasteiger partial charge is 0.156 e. The average Bonchev–Trinajstić information content (AvgIpc) is 3.05. The largest absolute Gasteiger partial charge is 0.352 e. The number of piperazine rings is 1. The number of hydrogen-bond donors (Lipinski definition) is 0. The lowest BCUT2D eigenvalue weighted by atomic mass is 10.2. The second-order valence-corrected chi connectivity index (χ2v) is 8.02. The molecular formula is C15H13BrCl2N4S. The minimum atomic E-state index is 0.114. The normalized spacial score (nSPS) is 19.8. The van der Waals surface area contributed by atoms with Gasteiger partial charge in [0.1, 0.15) is 5.52 Å². The van der Waals surface area contributed by atoms with Crippen molar-refractivity contribution >= 4 is 77.6 Å². The topological polar surface area (TPSA) is 32.3 Å². The lowest BCUT2D eigenvalue weighted by molar-refractivity contribution is 0.327. The fourth-order valence-corrected chi connectivity index (χ4v) is 4.63. The third-order valence-corrected chi connectivity index (χ3v) is 6.25. The van der Waals surface area contributed by atoms with Gasteiger partial charge in [0.05, 0.1) is 21.8 Å². The van der Waals surface area contributed by atoms with E-state index in [1.807, 2.05) is 17.6 Å². The minimum Gasteiger partial charge on any atom is -0.352 e. The van der Waals surface area contributed by atoms with Crippen LogP contribution in [-0.2, 0) is 0 Å². The maximum atomic E-state index is 6.23. The van der Waals surface area contributed by atoms with Gasteiger partial charge in [0.15, 0.2) is 5.82 Å². The molecule has 0 N–H and O–H groups in total. The van der Waals surface area contributed by atoms with Crippen LogP contribution < -0.4 is 4.90 Å². The first-order valence-electron chi connectivity index (χ1n) is 7.23. The molecule has 4 rings (SSSR count). The standard InChI is InChI=1S/C15H13BrCl2N4S/c16-9-1-2-12-11(5-9)14-13(19-8-23-14)15(20-12)21-3-4-22(18)10(6-17)7-21/h1-2,5,8,10H,3-4,6-7H2. The Morgan fingerprint density at radius 3 is 3.04 bits per heavy atom. The molecule has 2 aromatic heterocycles. The van der Waals surface area contributed by atoms with Gasteiger partial charge in [-0.2, -0.15) is 0 Å². The number of aromatic nitrogens is 2. The molecule has 23 heavy (non-hydrogen) atoms. The summed E-state index contributed by atoms with van der Waals surface area (Å²) in [5.41, 5.74) is 3.82. The summed E-state index contributed by atoms with van der Waals surface area (Å²) in [6.07, 6.45) is 0. The fourth-order valence-electron chi connectivity index (χ4n) is 2.92. The van der Waals surface area contributed by atoms with Crippen LogP contribution in [0.4, 0.5) is 5.82 Å². The summed E-state index contributed by atoms with van der Waals surface area (Å²) < 4.78 is 4.01. The molecule has 1 saturated heterocycles. The number of benzene rings is 1. The van der Waals surface area contributed by atoms with Crippen molar-refractivity contribution < 1.29 is 0 Å². The molecule has 120 valence electrons. The fraction of sp³-hybridized carbons (Fsp3) is 0.333. The summed E-state index contributed by atoms with van der Waals surface area (Å²) in [7, 11) is 0. The molecule has 3 heterocycles. The number of nitrogens with zero attached hydrogens (tertiary/aromatic N) is 4. The molecule has 8 heteroatoms. The Bertz CT molecular complexity index is 871. The van der Waals surface area contributed by atoms with Crippen LogP contribution in [0.5, 0.6) is 0 Å². The number of rotatable bonds is 2. The van der Waals surface area contributed by atoms with E-state index in [0.29, 0.717) is 5.88 Å². The number of fused-ring (bicyclic) bond motifs is 3. The Labute approximate surface area is 156 Å². The van der Waals surface area contributed by atoms with Crippen LogP contribution in [0.25, 0.3) is 21.1 Å². The van der Waals surface area contributed by atoms with Gasteiger partial charge in [-0.15, -0.1) is 22.9 Å². The molecule has 1 unspecified atom stereocenters. The van der Waals surface area contributed by atoms with E-state index in [1.54, 1.807) is 15.8 Å². The third kappa shape index (κ3) is 2.81. The van der Waals surface area contributed by atoms with Gasteiger partial charge in [-0.25, -0.2) is 14.4 Å².